The van der Waals surface area contributed by atoms with Gasteiger partial charge in [-0.25, -0.2) is 4.79 Å². The fraction of sp³-hybridized carbons (Fsp3) is 0.235. The molecule has 0 spiro atoms. The van der Waals surface area contributed by atoms with Gasteiger partial charge in [-0.1, -0.05) is 19.6 Å². The fourth-order valence-corrected chi connectivity index (χ4v) is 2.21. The average molecular weight is 382 g/mol. The zero-order valence-electron chi connectivity index (χ0n) is 13.4. The highest BCUT2D eigenvalue weighted by atomic mass is 19.4. The summed E-state index contributed by atoms with van der Waals surface area (Å²) in [6, 6.07) is 7.94. The van der Waals surface area contributed by atoms with Crippen LogP contribution in [0.2, 0.25) is 0 Å². The topological polar surface area (TPSA) is 135 Å². The van der Waals surface area contributed by atoms with Gasteiger partial charge >= 0.3 is 12.1 Å². The molecule has 0 saturated heterocycles. The number of nitrogens with two attached hydrogens (primary N) is 2. The van der Waals surface area contributed by atoms with E-state index in [0.29, 0.717) is 18.0 Å². The largest absolute Gasteiger partial charge is 0.490 e. The van der Waals surface area contributed by atoms with Crippen molar-refractivity contribution in [2.45, 2.75) is 26.9 Å². The van der Waals surface area contributed by atoms with Crippen molar-refractivity contribution in [3.8, 4) is 17.7 Å². The zero-order chi connectivity index (χ0) is 19.6. The molecule has 1 aromatic carbocycles. The van der Waals surface area contributed by atoms with Gasteiger partial charge in [-0.05, 0) is 24.1 Å². The van der Waals surface area contributed by atoms with Crippen molar-refractivity contribution in [3.63, 3.8) is 0 Å². The molecule has 0 bridgehead atoms. The molecule has 0 atom stereocenters. The number of nitrogen functional groups attached to an aromatic ring is 2. The van der Waals surface area contributed by atoms with Crippen molar-refractivity contribution < 1.29 is 27.8 Å². The van der Waals surface area contributed by atoms with Crippen molar-refractivity contribution in [2.75, 3.05) is 11.5 Å². The molecule has 27 heavy (non-hydrogen) atoms. The van der Waals surface area contributed by atoms with Crippen LogP contribution >= 0.6 is 0 Å². The first-order chi connectivity index (χ1) is 12.0. The third-order valence-electron chi connectivity index (χ3n) is 3.48. The van der Waals surface area contributed by atoms with Crippen LogP contribution in [0.4, 0.5) is 24.7 Å². The van der Waals surface area contributed by atoms with Crippen LogP contribution in [0, 0.1) is 18.3 Å². The lowest BCUT2D eigenvalue weighted by atomic mass is 9.98. The van der Waals surface area contributed by atoms with E-state index in [9.17, 15) is 13.2 Å². The number of nitriles is 1. The van der Waals surface area contributed by atoms with Gasteiger partial charge in [0.15, 0.2) is 0 Å². The molecule has 0 unspecified atom stereocenters. The molecule has 5 N–H and O–H groups in total. The minimum absolute atomic E-state index is 0. The Morgan fingerprint density at radius 3 is 2.48 bits per heavy atom. The summed E-state index contributed by atoms with van der Waals surface area (Å²) in [5.41, 5.74) is 15.1. The first-order valence-corrected chi connectivity index (χ1v) is 7.10. The lowest BCUT2D eigenvalue weighted by Gasteiger charge is -2.21. The van der Waals surface area contributed by atoms with Crippen LogP contribution in [0.15, 0.2) is 18.2 Å². The molecule has 0 aliphatic carbocycles. The lowest BCUT2D eigenvalue weighted by molar-refractivity contribution is -0.192. The number of fused-ring (bicyclic) bond motifs is 2. The van der Waals surface area contributed by atoms with Crippen LogP contribution < -0.4 is 16.2 Å². The summed E-state index contributed by atoms with van der Waals surface area (Å²) in [7, 11) is 0. The predicted octanol–water partition coefficient (Wildman–Crippen LogP) is 3.39. The van der Waals surface area contributed by atoms with Crippen LogP contribution in [-0.4, -0.2) is 22.2 Å². The number of aryl methyl sites for hydroxylation is 1. The van der Waals surface area contributed by atoms with Crippen LogP contribution in [0.25, 0.3) is 0 Å². The first kappa shape index (κ1) is 21.6. The second-order valence-electron chi connectivity index (χ2n) is 5.37. The first-order valence-electron chi connectivity index (χ1n) is 7.10. The Labute approximate surface area is 153 Å². The Morgan fingerprint density at radius 2 is 1.96 bits per heavy atom. The van der Waals surface area contributed by atoms with Crippen molar-refractivity contribution in [3.05, 3.63) is 40.5 Å². The van der Waals surface area contributed by atoms with E-state index in [-0.39, 0.29) is 18.8 Å². The number of anilines is 2. The van der Waals surface area contributed by atoms with E-state index in [4.69, 9.17) is 31.4 Å². The number of carboxylic acid groups (broad SMARTS) is 1. The van der Waals surface area contributed by atoms with Crippen LogP contribution in [0.3, 0.4) is 0 Å². The minimum atomic E-state index is -5.08. The fourth-order valence-electron chi connectivity index (χ4n) is 2.21. The highest BCUT2D eigenvalue weighted by molar-refractivity contribution is 5.73. The number of ether oxygens (including phenoxy) is 1. The zero-order valence-corrected chi connectivity index (χ0v) is 13.4. The van der Waals surface area contributed by atoms with E-state index in [1.165, 1.54) is 0 Å². The maximum atomic E-state index is 10.6. The second-order valence-corrected chi connectivity index (χ2v) is 5.37. The van der Waals surface area contributed by atoms with Gasteiger partial charge in [0.25, 0.3) is 0 Å². The SMILES string of the molecule is C.Cc1ccc2c(c1)Oc1nc(N)c(C#N)c(N)c1C2.O=C(O)C(F)(F)F. The third-order valence-corrected chi connectivity index (χ3v) is 3.48. The maximum Gasteiger partial charge on any atom is 0.490 e. The van der Waals surface area contributed by atoms with E-state index in [0.717, 1.165) is 22.4 Å². The number of hydrogen-bond donors (Lipinski definition) is 3. The van der Waals surface area contributed by atoms with Gasteiger partial charge in [-0.2, -0.15) is 23.4 Å². The standard InChI is InChI=1S/C14H12N4O.C2HF3O2.CH4/c1-7-2-3-8-5-9-12(16)10(6-15)13(17)18-14(9)19-11(8)4-7;3-2(4,5)1(6)7;/h2-4H,5H2,1H3,(H4,16,17,18);(H,6,7);1H4. The summed E-state index contributed by atoms with van der Waals surface area (Å²) >= 11 is 0. The number of pyridine rings is 1. The summed E-state index contributed by atoms with van der Waals surface area (Å²) in [6.45, 7) is 1.99. The number of aromatic nitrogens is 1. The molecule has 1 aromatic heterocycles. The van der Waals surface area contributed by atoms with Crippen LogP contribution in [0.1, 0.15) is 29.7 Å². The van der Waals surface area contributed by atoms with E-state index >= 15 is 0 Å². The molecular formula is C17H17F3N4O3. The smallest absolute Gasteiger partial charge is 0.475 e. The normalized spacial score (nSPS) is 11.4. The van der Waals surface area contributed by atoms with Gasteiger partial charge < -0.3 is 21.3 Å². The maximum absolute atomic E-state index is 10.6. The van der Waals surface area contributed by atoms with Gasteiger partial charge in [0, 0.05) is 12.0 Å². The molecule has 1 aliphatic rings. The van der Waals surface area contributed by atoms with Gasteiger partial charge in [0.1, 0.15) is 23.2 Å². The number of hydrogen-bond acceptors (Lipinski definition) is 6. The molecule has 3 rings (SSSR count). The monoisotopic (exact) mass is 382 g/mol. The quantitative estimate of drug-likeness (QED) is 0.542. The molecule has 10 heteroatoms. The predicted molar refractivity (Wildman–Crippen MR) is 92.3 cm³/mol. The molecule has 2 aromatic rings. The minimum Gasteiger partial charge on any atom is -0.475 e. The van der Waals surface area contributed by atoms with E-state index in [1.54, 1.807) is 0 Å². The Morgan fingerprint density at radius 1 is 1.37 bits per heavy atom. The molecule has 1 aliphatic heterocycles. The number of alkyl halides is 3. The Hall–Kier alpha value is -3.48. The Balaban J connectivity index is 0.000000395. The number of halogens is 3. The van der Waals surface area contributed by atoms with Crippen LogP contribution in [-0.2, 0) is 11.2 Å². The van der Waals surface area contributed by atoms with Crippen molar-refractivity contribution in [1.29, 1.82) is 5.26 Å². The number of aliphatic carboxylic acids is 1. The molecular weight excluding hydrogens is 365 g/mol. The Bertz CT molecular complexity index is 921. The Kier molecular flexibility index (Phi) is 6.24. The number of carbonyl (C=O) groups is 1. The molecule has 7 nitrogen and oxygen atoms in total. The lowest BCUT2D eigenvalue weighted by Crippen LogP contribution is -2.21. The third kappa shape index (κ3) is 4.58. The summed E-state index contributed by atoms with van der Waals surface area (Å²) in [6.07, 6.45) is -4.49. The molecule has 0 amide bonds. The number of benzene rings is 1. The van der Waals surface area contributed by atoms with Crippen molar-refractivity contribution in [1.82, 2.24) is 4.98 Å². The van der Waals surface area contributed by atoms with Gasteiger partial charge in [-0.15, -0.1) is 0 Å². The van der Waals surface area contributed by atoms with E-state index < -0.39 is 12.1 Å². The molecule has 0 radical (unpaired) electrons. The van der Waals surface area contributed by atoms with Gasteiger partial charge in [0.05, 0.1) is 5.69 Å². The van der Waals surface area contributed by atoms with E-state index in [1.807, 2.05) is 31.2 Å². The number of nitrogens with zero attached hydrogens (tertiary/aromatic N) is 2. The van der Waals surface area contributed by atoms with Gasteiger partial charge in [-0.3, -0.25) is 0 Å². The second kappa shape index (κ2) is 7.82. The summed E-state index contributed by atoms with van der Waals surface area (Å²) in [5.74, 6) is -1.49. The number of carboxylic acids is 1. The van der Waals surface area contributed by atoms with Crippen LogP contribution in [0.5, 0.6) is 11.6 Å². The molecule has 2 heterocycles. The molecule has 0 saturated carbocycles. The highest BCUT2D eigenvalue weighted by Gasteiger charge is 2.38. The summed E-state index contributed by atoms with van der Waals surface area (Å²) < 4.78 is 37.5. The van der Waals surface area contributed by atoms with Crippen molar-refractivity contribution >= 4 is 17.5 Å². The average Bonchev–Trinajstić information content (AvgIpc) is 2.53. The van der Waals surface area contributed by atoms with E-state index in [2.05, 4.69) is 4.98 Å². The highest BCUT2D eigenvalue weighted by Crippen LogP contribution is 2.40. The summed E-state index contributed by atoms with van der Waals surface area (Å²) in [5, 5.41) is 16.2. The van der Waals surface area contributed by atoms with Crippen molar-refractivity contribution in [2.24, 2.45) is 0 Å². The summed E-state index contributed by atoms with van der Waals surface area (Å²) in [4.78, 5) is 13.0. The molecule has 0 fully saturated rings. The molecule has 144 valence electrons. The number of rotatable bonds is 0. The van der Waals surface area contributed by atoms with Gasteiger partial charge in [0.2, 0.25) is 5.88 Å².